The number of pyridine rings is 1. The first-order valence-corrected chi connectivity index (χ1v) is 29.0. The van der Waals surface area contributed by atoms with Gasteiger partial charge in [-0.3, -0.25) is 4.57 Å². The minimum atomic E-state index is -2.65. The van der Waals surface area contributed by atoms with Gasteiger partial charge in [-0.25, -0.2) is 4.98 Å². The Kier molecular flexibility index (Phi) is 11.5. The number of para-hydroxylation sites is 2. The number of benzene rings is 9. The van der Waals surface area contributed by atoms with Crippen molar-refractivity contribution in [3.05, 3.63) is 234 Å². The average Bonchev–Trinajstić information content (AvgIpc) is 2.01. The zero-order valence-electron chi connectivity index (χ0n) is 55.2. The third-order valence-electron chi connectivity index (χ3n) is 17.8. The number of aryl methyl sites for hydroxylation is 2. The fourth-order valence-electron chi connectivity index (χ4n) is 13.1. The molecule has 1 aliphatic heterocycles. The average molecular weight is 1280 g/mol. The number of aromatic nitrogens is 4. The molecule has 0 spiro atoms. The summed E-state index contributed by atoms with van der Waals surface area (Å²) in [5, 5.41) is 2.12. The van der Waals surface area contributed by atoms with E-state index >= 15 is 0 Å². The molecule has 4 heterocycles. The fourth-order valence-corrected chi connectivity index (χ4v) is 13.1. The molecule has 12 aromatic rings. The maximum atomic E-state index is 8.99. The summed E-state index contributed by atoms with van der Waals surface area (Å²) >= 11 is 0. The van der Waals surface area contributed by atoms with Crippen molar-refractivity contribution in [1.29, 1.82) is 0 Å². The van der Waals surface area contributed by atoms with Crippen LogP contribution >= 0.6 is 0 Å². The van der Waals surface area contributed by atoms with Crippen LogP contribution in [-0.2, 0) is 42.7 Å². The number of hydrogen-bond acceptors (Lipinski definition) is 2. The molecular formula is C78H70N4OPt-2. The predicted molar refractivity (Wildman–Crippen MR) is 343 cm³/mol. The van der Waals surface area contributed by atoms with Crippen LogP contribution in [0.4, 0.5) is 0 Å². The molecule has 0 N–H and O–H groups in total. The van der Waals surface area contributed by atoms with E-state index in [1.165, 1.54) is 16.7 Å². The van der Waals surface area contributed by atoms with Crippen LogP contribution in [0, 0.1) is 32.2 Å². The van der Waals surface area contributed by atoms with E-state index in [1.807, 2.05) is 36.5 Å². The first-order valence-electron chi connectivity index (χ1n) is 32.0. The number of imidazole rings is 1. The maximum absolute atomic E-state index is 8.99. The van der Waals surface area contributed by atoms with Gasteiger partial charge in [0.05, 0.1) is 16.7 Å². The zero-order valence-corrected chi connectivity index (χ0v) is 51.5. The van der Waals surface area contributed by atoms with E-state index < -0.39 is 13.7 Å². The molecule has 0 amide bonds. The van der Waals surface area contributed by atoms with Gasteiger partial charge in [-0.05, 0) is 185 Å². The summed E-state index contributed by atoms with van der Waals surface area (Å²) in [5.41, 5.74) is 17.3. The van der Waals surface area contributed by atoms with Crippen LogP contribution < -0.4 is 9.30 Å². The summed E-state index contributed by atoms with van der Waals surface area (Å²) < 4.78 is 67.2. The van der Waals surface area contributed by atoms with Crippen molar-refractivity contribution in [3.8, 4) is 84.3 Å². The van der Waals surface area contributed by atoms with Gasteiger partial charge in [0.15, 0.2) is 0 Å². The van der Waals surface area contributed by atoms with Crippen LogP contribution in [0.25, 0.3) is 106 Å². The normalized spacial score (nSPS) is 15.5. The van der Waals surface area contributed by atoms with Gasteiger partial charge in [-0.15, -0.1) is 29.7 Å². The summed E-state index contributed by atoms with van der Waals surface area (Å²) in [4.78, 5) is 4.91. The van der Waals surface area contributed by atoms with E-state index in [9.17, 15) is 0 Å². The summed E-state index contributed by atoms with van der Waals surface area (Å²) in [5.74, 6) is 1.79. The van der Waals surface area contributed by atoms with Gasteiger partial charge in [-0.2, -0.15) is 18.2 Å². The molecule has 0 fully saturated rings. The van der Waals surface area contributed by atoms with E-state index in [2.05, 4.69) is 229 Å². The molecule has 0 saturated carbocycles. The monoisotopic (exact) mass is 1280 g/mol. The maximum Gasteiger partial charge on any atom is 0.268 e. The molecule has 0 bridgehead atoms. The smallest absolute Gasteiger partial charge is 0.268 e. The van der Waals surface area contributed by atoms with Crippen LogP contribution in [0.5, 0.6) is 11.5 Å². The quantitative estimate of drug-likeness (QED) is 0.123. The van der Waals surface area contributed by atoms with Gasteiger partial charge in [0.2, 0.25) is 0 Å². The SMILES string of the molecule is [2H]C([2H])([2H])c1cccc(C([2H])([2H])[2H])c1-c1cc(-c2ccc(C(C)(C)C)cc2)c2c(c1)-c1cc3c(cc1-c1ccccc1-c1cccc4c1[n+]-2[c-]n4-c1[c-]c(Oc2[c-]c4c(cc2)c2ccccc2n4-c2cc(C(C)(C)C)ccn2)ccc1)C(C)(C)CCC3(C)C.[Pt]. The summed E-state index contributed by atoms with van der Waals surface area (Å²) in [6.07, 6.45) is 7.82. The summed E-state index contributed by atoms with van der Waals surface area (Å²) in [7, 11) is 0. The van der Waals surface area contributed by atoms with Crippen molar-refractivity contribution in [1.82, 2.24) is 14.1 Å². The van der Waals surface area contributed by atoms with E-state index in [0.29, 0.717) is 22.7 Å². The standard InChI is InChI=1S/C78H70N4O.Pt/c1-48-20-17-21-49(2)72(48)51-40-62(50-30-32-52(33-31-50)75(3,4)5)73-65(41-51)64-46-67-66(77(9,10)37-38-78(67,11)12)45-63(64)58-25-14-13-24-57(58)61-27-19-29-69-74(61)81(73)47-80(69)54-22-18-23-55(43-54)83-56-34-35-60-59-26-15-16-28-68(59)82(70(60)44-56)71-42-53(36-39-79-71)76(6,7)8;/h13-36,39-42,45-46H,37-38H2,1-12H3;/q-2;/i1D3,2D3;. The van der Waals surface area contributed by atoms with Gasteiger partial charge in [-0.1, -0.05) is 184 Å². The molecule has 9 aromatic carbocycles. The minimum Gasteiger partial charge on any atom is -0.510 e. The molecule has 14 rings (SSSR count). The summed E-state index contributed by atoms with van der Waals surface area (Å²) in [6.45, 7) is 17.3. The van der Waals surface area contributed by atoms with Crippen molar-refractivity contribution in [3.63, 3.8) is 0 Å². The van der Waals surface area contributed by atoms with Gasteiger partial charge in [0, 0.05) is 52.5 Å². The molecule has 420 valence electrons. The molecule has 5 nitrogen and oxygen atoms in total. The Morgan fingerprint density at radius 1 is 0.536 bits per heavy atom. The molecule has 0 saturated heterocycles. The molecule has 2 aliphatic rings. The van der Waals surface area contributed by atoms with E-state index in [1.54, 1.807) is 18.2 Å². The molecule has 0 atom stereocenters. The largest absolute Gasteiger partial charge is 0.510 e. The molecule has 0 unspecified atom stereocenters. The third kappa shape index (κ3) is 9.08. The Labute approximate surface area is 518 Å². The second-order valence-corrected chi connectivity index (χ2v) is 26.3. The van der Waals surface area contributed by atoms with Gasteiger partial charge in [0.1, 0.15) is 5.82 Å². The van der Waals surface area contributed by atoms with Crippen LogP contribution in [0.2, 0.25) is 0 Å². The van der Waals surface area contributed by atoms with Gasteiger partial charge < -0.3 is 13.9 Å². The Hall–Kier alpha value is -8.11. The Morgan fingerprint density at radius 2 is 1.14 bits per heavy atom. The van der Waals surface area contributed by atoms with E-state index in [4.69, 9.17) is 17.9 Å². The number of rotatable bonds is 6. The molecule has 3 aromatic heterocycles. The predicted octanol–water partition coefficient (Wildman–Crippen LogP) is 19.8. The van der Waals surface area contributed by atoms with Crippen molar-refractivity contribution < 1.29 is 38.6 Å². The number of nitrogens with zero attached hydrogens (tertiary/aromatic N) is 4. The van der Waals surface area contributed by atoms with Crippen LogP contribution in [-0.4, -0.2) is 14.1 Å². The number of fused-ring (bicyclic) bond motifs is 11. The topological polar surface area (TPSA) is 35.9 Å². The second-order valence-electron chi connectivity index (χ2n) is 26.3. The number of ether oxygens (including phenoxy) is 1. The molecule has 84 heavy (non-hydrogen) atoms. The molecule has 6 heteroatoms. The van der Waals surface area contributed by atoms with E-state index in [0.717, 1.165) is 107 Å². The first kappa shape index (κ1) is 48.3. The Balaban J connectivity index is 0.00000743. The van der Waals surface area contributed by atoms with E-state index in [-0.39, 0.29) is 59.4 Å². The van der Waals surface area contributed by atoms with Gasteiger partial charge in [0.25, 0.3) is 6.33 Å². The molecular weight excluding hydrogens is 1200 g/mol. The molecule has 0 radical (unpaired) electrons. The third-order valence-corrected chi connectivity index (χ3v) is 17.8. The fraction of sp³-hybridized carbons (Fsp3) is 0.231. The van der Waals surface area contributed by atoms with Gasteiger partial charge >= 0.3 is 0 Å². The van der Waals surface area contributed by atoms with Crippen LogP contribution in [0.3, 0.4) is 0 Å². The first-order chi connectivity index (χ1) is 42.1. The van der Waals surface area contributed by atoms with Crippen molar-refractivity contribution in [2.24, 2.45) is 0 Å². The van der Waals surface area contributed by atoms with Crippen LogP contribution in [0.1, 0.15) is 124 Å². The Morgan fingerprint density at radius 3 is 1.85 bits per heavy atom. The van der Waals surface area contributed by atoms with Crippen LogP contribution in [0.15, 0.2) is 182 Å². The second kappa shape index (κ2) is 20.0. The van der Waals surface area contributed by atoms with Crippen molar-refractivity contribution in [2.45, 2.75) is 117 Å². The van der Waals surface area contributed by atoms with Crippen molar-refractivity contribution in [2.75, 3.05) is 0 Å². The zero-order chi connectivity index (χ0) is 62.5. The summed E-state index contributed by atoms with van der Waals surface area (Å²) in [6, 6.07) is 67.1. The number of hydrogen-bond donors (Lipinski definition) is 0. The Bertz CT molecular complexity index is 4840. The minimum absolute atomic E-state index is 0. The van der Waals surface area contributed by atoms with Crippen molar-refractivity contribution >= 4 is 32.8 Å². The molecule has 1 aliphatic carbocycles.